The Kier molecular flexibility index (Phi) is 7.39. The number of halogens is 1. The second kappa shape index (κ2) is 9.98. The first-order valence-corrected chi connectivity index (χ1v) is 11.1. The van der Waals surface area contributed by atoms with Crippen LogP contribution in [-0.2, 0) is 5.75 Å². The quantitative estimate of drug-likeness (QED) is 0.294. The van der Waals surface area contributed by atoms with Gasteiger partial charge >= 0.3 is 0 Å². The van der Waals surface area contributed by atoms with Crippen molar-refractivity contribution in [2.24, 2.45) is 0 Å². The Labute approximate surface area is 184 Å². The molecule has 0 aliphatic carbocycles. The summed E-state index contributed by atoms with van der Waals surface area (Å²) in [6, 6.07) is 21.8. The molecule has 144 valence electrons. The van der Waals surface area contributed by atoms with Crippen molar-refractivity contribution in [3.8, 4) is 5.75 Å². The molecule has 0 heterocycles. The summed E-state index contributed by atoms with van der Waals surface area (Å²) >= 11 is 3.98. The van der Waals surface area contributed by atoms with E-state index in [9.17, 15) is 4.79 Å². The Hall–Kier alpha value is -1.99. The van der Waals surface area contributed by atoms with E-state index >= 15 is 0 Å². The van der Waals surface area contributed by atoms with Gasteiger partial charge in [0.25, 0.3) is 5.91 Å². The summed E-state index contributed by atoms with van der Waals surface area (Å²) in [7, 11) is 0. The second-order valence-electron chi connectivity index (χ2n) is 6.32. The molecule has 3 nitrogen and oxygen atoms in total. The number of carbonyl (C=O) groups excluding carboxylic acids is 1. The van der Waals surface area contributed by atoms with Crippen LogP contribution in [0.5, 0.6) is 5.75 Å². The van der Waals surface area contributed by atoms with Crippen LogP contribution in [0, 0.1) is 10.5 Å². The predicted octanol–water partition coefficient (Wildman–Crippen LogP) is 6.54. The molecular weight excluding hydrogens is 481 g/mol. The molecule has 0 bridgehead atoms. The predicted molar refractivity (Wildman–Crippen MR) is 125 cm³/mol. The van der Waals surface area contributed by atoms with Gasteiger partial charge in [0.2, 0.25) is 0 Å². The van der Waals surface area contributed by atoms with E-state index in [1.807, 2.05) is 49.4 Å². The van der Waals surface area contributed by atoms with Crippen molar-refractivity contribution in [1.82, 2.24) is 0 Å². The van der Waals surface area contributed by atoms with Gasteiger partial charge in [0.1, 0.15) is 5.75 Å². The van der Waals surface area contributed by atoms with Gasteiger partial charge < -0.3 is 10.1 Å². The fourth-order valence-electron chi connectivity index (χ4n) is 2.66. The summed E-state index contributed by atoms with van der Waals surface area (Å²) in [5, 5.41) is 2.95. The lowest BCUT2D eigenvalue weighted by Gasteiger charge is -2.13. The van der Waals surface area contributed by atoms with E-state index in [2.05, 4.69) is 59.1 Å². The fraction of sp³-hybridized carbons (Fsp3) is 0.174. The van der Waals surface area contributed by atoms with E-state index in [0.717, 1.165) is 26.3 Å². The highest BCUT2D eigenvalue weighted by molar-refractivity contribution is 14.1. The monoisotopic (exact) mass is 503 g/mol. The topological polar surface area (TPSA) is 38.3 Å². The van der Waals surface area contributed by atoms with Crippen molar-refractivity contribution in [3.63, 3.8) is 0 Å². The van der Waals surface area contributed by atoms with Crippen molar-refractivity contribution < 1.29 is 9.53 Å². The largest absolute Gasteiger partial charge is 0.494 e. The summed E-state index contributed by atoms with van der Waals surface area (Å²) in [5.74, 6) is 1.45. The van der Waals surface area contributed by atoms with Crippen molar-refractivity contribution in [2.45, 2.75) is 24.5 Å². The minimum absolute atomic E-state index is 0.120. The molecule has 0 radical (unpaired) electrons. The lowest BCUT2D eigenvalue weighted by molar-refractivity contribution is 0.102. The van der Waals surface area contributed by atoms with Gasteiger partial charge in [0, 0.05) is 31.0 Å². The molecule has 0 spiro atoms. The molecule has 3 aromatic rings. The summed E-state index contributed by atoms with van der Waals surface area (Å²) in [6.45, 7) is 4.64. The minimum atomic E-state index is -0.120. The Morgan fingerprint density at radius 3 is 2.43 bits per heavy atom. The molecule has 0 fully saturated rings. The van der Waals surface area contributed by atoms with Gasteiger partial charge in [-0.25, -0.2) is 0 Å². The number of nitrogens with one attached hydrogen (secondary N) is 1. The van der Waals surface area contributed by atoms with Crippen molar-refractivity contribution in [3.05, 3.63) is 87.0 Å². The van der Waals surface area contributed by atoms with Crippen LogP contribution in [0.2, 0.25) is 0 Å². The van der Waals surface area contributed by atoms with E-state index in [1.54, 1.807) is 11.8 Å². The Morgan fingerprint density at radius 1 is 1.04 bits per heavy atom. The van der Waals surface area contributed by atoms with Gasteiger partial charge in [0.15, 0.2) is 0 Å². The van der Waals surface area contributed by atoms with Gasteiger partial charge in [-0.2, -0.15) is 0 Å². The number of rotatable bonds is 7. The Morgan fingerprint density at radius 2 is 1.75 bits per heavy atom. The molecule has 0 atom stereocenters. The first kappa shape index (κ1) is 20.7. The van der Waals surface area contributed by atoms with Crippen LogP contribution >= 0.6 is 34.4 Å². The molecule has 28 heavy (non-hydrogen) atoms. The number of hydrogen-bond donors (Lipinski definition) is 1. The molecule has 0 aliphatic heterocycles. The number of carbonyl (C=O) groups is 1. The third kappa shape index (κ3) is 5.75. The number of anilines is 1. The molecule has 0 unspecified atom stereocenters. The lowest BCUT2D eigenvalue weighted by atomic mass is 10.1. The van der Waals surface area contributed by atoms with Gasteiger partial charge in [-0.15, -0.1) is 11.8 Å². The highest BCUT2D eigenvalue weighted by atomic mass is 127. The number of aryl methyl sites for hydroxylation is 1. The third-order valence-corrected chi connectivity index (χ3v) is 5.92. The molecular formula is C23H22INO2S. The van der Waals surface area contributed by atoms with Crippen LogP contribution in [0.25, 0.3) is 0 Å². The van der Waals surface area contributed by atoms with E-state index in [0.29, 0.717) is 12.2 Å². The molecule has 3 rings (SSSR count). The zero-order valence-corrected chi connectivity index (χ0v) is 18.8. The van der Waals surface area contributed by atoms with Crippen molar-refractivity contribution in [2.75, 3.05) is 11.9 Å². The van der Waals surface area contributed by atoms with E-state index < -0.39 is 0 Å². The third-order valence-electron chi connectivity index (χ3n) is 4.14. The molecule has 0 saturated heterocycles. The van der Waals surface area contributed by atoms with Gasteiger partial charge in [0.05, 0.1) is 6.61 Å². The smallest absolute Gasteiger partial charge is 0.255 e. The van der Waals surface area contributed by atoms with Gasteiger partial charge in [-0.05, 0) is 91.0 Å². The molecule has 3 aromatic carbocycles. The van der Waals surface area contributed by atoms with Crippen LogP contribution in [0.4, 0.5) is 5.69 Å². The number of hydrogen-bond acceptors (Lipinski definition) is 3. The van der Waals surface area contributed by atoms with Gasteiger partial charge in [-0.3, -0.25) is 4.79 Å². The average molecular weight is 503 g/mol. The average Bonchev–Trinajstić information content (AvgIpc) is 2.70. The highest BCUT2D eigenvalue weighted by Gasteiger charge is 2.12. The second-order valence-corrected chi connectivity index (χ2v) is 8.61. The summed E-state index contributed by atoms with van der Waals surface area (Å²) in [4.78, 5) is 13.9. The Bertz CT molecular complexity index is 940. The summed E-state index contributed by atoms with van der Waals surface area (Å²) in [5.41, 5.74) is 3.67. The van der Waals surface area contributed by atoms with E-state index in [1.165, 1.54) is 10.5 Å². The highest BCUT2D eigenvalue weighted by Crippen LogP contribution is 2.29. The van der Waals surface area contributed by atoms with Crippen LogP contribution in [-0.4, -0.2) is 12.5 Å². The number of benzene rings is 3. The van der Waals surface area contributed by atoms with Crippen LogP contribution in [0.1, 0.15) is 28.4 Å². The van der Waals surface area contributed by atoms with E-state index in [4.69, 9.17) is 4.74 Å². The SMILES string of the molecule is CCOc1ccc(C(=O)Nc2ccc(I)cc2)cc1CSc1ccc(C)cc1. The zero-order chi connectivity index (χ0) is 19.9. The molecule has 0 aliphatic rings. The molecule has 1 amide bonds. The number of ether oxygens (including phenoxy) is 1. The number of amides is 1. The number of thioether (sulfide) groups is 1. The maximum Gasteiger partial charge on any atom is 0.255 e. The Balaban J connectivity index is 1.76. The fourth-order valence-corrected chi connectivity index (χ4v) is 3.90. The molecule has 1 N–H and O–H groups in total. The normalized spacial score (nSPS) is 10.5. The zero-order valence-electron chi connectivity index (χ0n) is 15.9. The molecule has 5 heteroatoms. The van der Waals surface area contributed by atoms with Crippen molar-refractivity contribution >= 4 is 45.9 Å². The first-order valence-electron chi connectivity index (χ1n) is 9.07. The minimum Gasteiger partial charge on any atom is -0.494 e. The molecule has 0 aromatic heterocycles. The summed E-state index contributed by atoms with van der Waals surface area (Å²) in [6.07, 6.45) is 0. The molecule has 0 saturated carbocycles. The van der Waals surface area contributed by atoms with Crippen LogP contribution in [0.3, 0.4) is 0 Å². The van der Waals surface area contributed by atoms with Crippen LogP contribution < -0.4 is 10.1 Å². The standard InChI is InChI=1S/C23H22INO2S/c1-3-27-22-13-6-17(23(26)25-20-9-7-19(24)8-10-20)14-18(22)15-28-21-11-4-16(2)5-12-21/h4-14H,3,15H2,1-2H3,(H,25,26). The van der Waals surface area contributed by atoms with Gasteiger partial charge in [-0.1, -0.05) is 17.7 Å². The van der Waals surface area contributed by atoms with Crippen LogP contribution in [0.15, 0.2) is 71.6 Å². The summed E-state index contributed by atoms with van der Waals surface area (Å²) < 4.78 is 6.90. The lowest BCUT2D eigenvalue weighted by Crippen LogP contribution is -2.12. The maximum atomic E-state index is 12.7. The first-order chi connectivity index (χ1) is 13.5. The van der Waals surface area contributed by atoms with Crippen molar-refractivity contribution in [1.29, 1.82) is 0 Å². The van der Waals surface area contributed by atoms with E-state index in [-0.39, 0.29) is 5.91 Å². The maximum absolute atomic E-state index is 12.7.